The molecule has 33 heavy (non-hydrogen) atoms. The molecule has 5 aromatic rings. The first-order chi connectivity index (χ1) is 16.0. The lowest BCUT2D eigenvalue weighted by atomic mass is 10.2. The fourth-order valence-corrected chi connectivity index (χ4v) is 4.34. The highest BCUT2D eigenvalue weighted by atomic mass is 32.1. The molecule has 0 spiro atoms. The van der Waals surface area contributed by atoms with Gasteiger partial charge < -0.3 is 19.0 Å². The molecule has 4 aromatic heterocycles. The second-order valence-corrected chi connectivity index (χ2v) is 8.75. The normalized spacial score (nSPS) is 11.2. The van der Waals surface area contributed by atoms with Crippen LogP contribution in [0.4, 0.5) is 0 Å². The van der Waals surface area contributed by atoms with E-state index in [4.69, 9.17) is 4.74 Å². The Hall–Kier alpha value is -3.98. The number of imidazole rings is 1. The number of fused-ring (bicyclic) bond motifs is 2. The van der Waals surface area contributed by atoms with Crippen molar-refractivity contribution in [1.82, 2.24) is 24.3 Å². The smallest absolute Gasteiger partial charge is 0.268 e. The minimum absolute atomic E-state index is 0.186. The summed E-state index contributed by atoms with van der Waals surface area (Å²) in [4.78, 5) is 38.4. The van der Waals surface area contributed by atoms with Gasteiger partial charge in [-0.05, 0) is 48.2 Å². The summed E-state index contributed by atoms with van der Waals surface area (Å²) >= 11 is 1.34. The molecular formula is C24H21N5O3S. The van der Waals surface area contributed by atoms with E-state index in [1.807, 2.05) is 41.2 Å². The quantitative estimate of drug-likeness (QED) is 0.417. The fraction of sp³-hybridized carbons (Fsp3) is 0.167. The molecule has 0 unspecified atom stereocenters. The topological polar surface area (TPSA) is 92.6 Å². The van der Waals surface area contributed by atoms with E-state index in [1.54, 1.807) is 37.4 Å². The minimum atomic E-state index is -0.197. The van der Waals surface area contributed by atoms with Crippen molar-refractivity contribution in [1.29, 1.82) is 0 Å². The summed E-state index contributed by atoms with van der Waals surface area (Å²) in [7, 11) is 1.67. The maximum Gasteiger partial charge on any atom is 0.268 e. The number of carbonyl (C=O) groups excluding carboxylic acids is 1. The zero-order chi connectivity index (χ0) is 22.9. The predicted octanol–water partition coefficient (Wildman–Crippen LogP) is 3.79. The van der Waals surface area contributed by atoms with Crippen LogP contribution in [-0.4, -0.2) is 37.2 Å². The van der Waals surface area contributed by atoms with E-state index in [2.05, 4.69) is 15.0 Å². The van der Waals surface area contributed by atoms with Crippen molar-refractivity contribution in [2.45, 2.75) is 20.1 Å². The number of aromatic amines is 1. The van der Waals surface area contributed by atoms with Crippen LogP contribution in [-0.2, 0) is 13.2 Å². The van der Waals surface area contributed by atoms with Crippen molar-refractivity contribution < 1.29 is 9.53 Å². The molecular weight excluding hydrogens is 438 g/mol. The number of nitrogens with zero attached hydrogens (tertiary/aromatic N) is 4. The number of aryl methyl sites for hydroxylation is 1. The number of hydrogen-bond acceptors (Lipinski definition) is 6. The third kappa shape index (κ3) is 4.35. The van der Waals surface area contributed by atoms with Crippen LogP contribution in [0.3, 0.4) is 0 Å². The third-order valence-electron chi connectivity index (χ3n) is 5.21. The number of H-pyrrole nitrogens is 1. The molecule has 9 heteroatoms. The lowest BCUT2D eigenvalue weighted by Gasteiger charge is -2.17. The first-order valence-electron chi connectivity index (χ1n) is 10.4. The Labute approximate surface area is 193 Å². The first kappa shape index (κ1) is 20.9. The number of nitrogens with one attached hydrogen (secondary N) is 1. The van der Waals surface area contributed by atoms with Gasteiger partial charge in [0.05, 0.1) is 17.8 Å². The molecule has 4 heterocycles. The molecule has 0 aliphatic heterocycles. The molecule has 5 rings (SSSR count). The van der Waals surface area contributed by atoms with Crippen molar-refractivity contribution in [3.05, 3.63) is 93.2 Å². The van der Waals surface area contributed by atoms with Gasteiger partial charge in [-0.1, -0.05) is 12.1 Å². The van der Waals surface area contributed by atoms with E-state index >= 15 is 0 Å². The average Bonchev–Trinajstić information content (AvgIpc) is 3.44. The number of thiophene rings is 1. The van der Waals surface area contributed by atoms with Crippen LogP contribution in [0.5, 0.6) is 5.75 Å². The third-order valence-corrected chi connectivity index (χ3v) is 6.12. The van der Waals surface area contributed by atoms with E-state index in [9.17, 15) is 9.59 Å². The number of amides is 1. The summed E-state index contributed by atoms with van der Waals surface area (Å²) in [6, 6.07) is 12.8. The van der Waals surface area contributed by atoms with Crippen LogP contribution in [0.25, 0.3) is 15.9 Å². The standard InChI is InChI=1S/C24H21N5O3S/c1-15-6-7-21-25-17(12-29(21)11-15)14-32-18-5-3-4-16(10-18)24(31)28(2)13-20-26-19-8-9-33-22(19)23(30)27-20/h3-12H,13-14H2,1-2H3,(H,26,27,30). The molecule has 0 saturated carbocycles. The zero-order valence-corrected chi connectivity index (χ0v) is 18.9. The van der Waals surface area contributed by atoms with E-state index in [1.165, 1.54) is 16.2 Å². The molecule has 0 atom stereocenters. The Kier molecular flexibility index (Phi) is 5.39. The molecule has 0 saturated heterocycles. The fourth-order valence-electron chi connectivity index (χ4n) is 3.61. The Morgan fingerprint density at radius 1 is 1.18 bits per heavy atom. The molecule has 1 aromatic carbocycles. The number of benzene rings is 1. The number of pyridine rings is 1. The highest BCUT2D eigenvalue weighted by Crippen LogP contribution is 2.18. The van der Waals surface area contributed by atoms with Gasteiger partial charge in [-0.3, -0.25) is 9.59 Å². The summed E-state index contributed by atoms with van der Waals surface area (Å²) in [6.45, 7) is 2.51. The second kappa shape index (κ2) is 8.51. The SMILES string of the molecule is Cc1ccc2nc(COc3cccc(C(=O)N(C)Cc4nc5ccsc5c(=O)[nH]4)c3)cn2c1. The van der Waals surface area contributed by atoms with Crippen molar-refractivity contribution in [3.63, 3.8) is 0 Å². The van der Waals surface area contributed by atoms with Gasteiger partial charge in [0.2, 0.25) is 0 Å². The summed E-state index contributed by atoms with van der Waals surface area (Å²) < 4.78 is 8.44. The maximum atomic E-state index is 13.0. The monoisotopic (exact) mass is 459 g/mol. The largest absolute Gasteiger partial charge is 0.487 e. The molecule has 8 nitrogen and oxygen atoms in total. The molecule has 0 fully saturated rings. The summed E-state index contributed by atoms with van der Waals surface area (Å²) in [5.41, 5.74) is 3.74. The van der Waals surface area contributed by atoms with Gasteiger partial charge in [-0.15, -0.1) is 11.3 Å². The zero-order valence-electron chi connectivity index (χ0n) is 18.1. The van der Waals surface area contributed by atoms with Crippen molar-refractivity contribution in [3.8, 4) is 5.75 Å². The Morgan fingerprint density at radius 3 is 2.94 bits per heavy atom. The van der Waals surface area contributed by atoms with Crippen molar-refractivity contribution in [2.24, 2.45) is 0 Å². The molecule has 1 amide bonds. The molecule has 0 radical (unpaired) electrons. The molecule has 0 aliphatic rings. The van der Waals surface area contributed by atoms with Gasteiger partial charge in [0.15, 0.2) is 0 Å². The van der Waals surface area contributed by atoms with Crippen LogP contribution in [0, 0.1) is 6.92 Å². The Bertz CT molecular complexity index is 1530. The summed E-state index contributed by atoms with van der Waals surface area (Å²) in [5, 5.41) is 1.82. The van der Waals surface area contributed by atoms with E-state index < -0.39 is 0 Å². The van der Waals surface area contributed by atoms with Crippen LogP contribution < -0.4 is 10.3 Å². The predicted molar refractivity (Wildman–Crippen MR) is 127 cm³/mol. The van der Waals surface area contributed by atoms with E-state index in [0.29, 0.717) is 34.0 Å². The highest BCUT2D eigenvalue weighted by molar-refractivity contribution is 7.17. The van der Waals surface area contributed by atoms with Crippen LogP contribution in [0.2, 0.25) is 0 Å². The van der Waals surface area contributed by atoms with Gasteiger partial charge in [-0.2, -0.15) is 0 Å². The van der Waals surface area contributed by atoms with E-state index in [-0.39, 0.29) is 18.0 Å². The van der Waals surface area contributed by atoms with Gasteiger partial charge >= 0.3 is 0 Å². The van der Waals surface area contributed by atoms with Gasteiger partial charge in [-0.25, -0.2) is 9.97 Å². The van der Waals surface area contributed by atoms with Crippen LogP contribution in [0.1, 0.15) is 27.4 Å². The number of hydrogen-bond donors (Lipinski definition) is 1. The highest BCUT2D eigenvalue weighted by Gasteiger charge is 2.15. The number of ether oxygens (including phenoxy) is 1. The van der Waals surface area contributed by atoms with Crippen molar-refractivity contribution in [2.75, 3.05) is 7.05 Å². The summed E-state index contributed by atoms with van der Waals surface area (Å²) in [5.74, 6) is 0.821. The lowest BCUT2D eigenvalue weighted by molar-refractivity contribution is 0.0781. The molecule has 0 aliphatic carbocycles. The first-order valence-corrected chi connectivity index (χ1v) is 11.2. The number of rotatable bonds is 6. The Balaban J connectivity index is 1.27. The van der Waals surface area contributed by atoms with Crippen LogP contribution >= 0.6 is 11.3 Å². The molecule has 0 bridgehead atoms. The number of aromatic nitrogens is 4. The maximum absolute atomic E-state index is 13.0. The van der Waals surface area contributed by atoms with Crippen molar-refractivity contribution >= 4 is 33.1 Å². The average molecular weight is 460 g/mol. The number of carbonyl (C=O) groups is 1. The summed E-state index contributed by atoms with van der Waals surface area (Å²) in [6.07, 6.45) is 3.95. The molecule has 1 N–H and O–H groups in total. The minimum Gasteiger partial charge on any atom is -0.487 e. The van der Waals surface area contributed by atoms with Gasteiger partial charge in [0.25, 0.3) is 11.5 Å². The van der Waals surface area contributed by atoms with E-state index in [0.717, 1.165) is 16.9 Å². The van der Waals surface area contributed by atoms with Crippen LogP contribution in [0.15, 0.2) is 65.0 Å². The second-order valence-electron chi connectivity index (χ2n) is 7.83. The lowest BCUT2D eigenvalue weighted by Crippen LogP contribution is -2.28. The van der Waals surface area contributed by atoms with Gasteiger partial charge in [0.1, 0.15) is 28.5 Å². The Morgan fingerprint density at radius 2 is 2.06 bits per heavy atom. The molecule has 166 valence electrons. The van der Waals surface area contributed by atoms with Gasteiger partial charge in [0, 0.05) is 25.0 Å².